The van der Waals surface area contributed by atoms with Gasteiger partial charge in [-0.2, -0.15) is 22.0 Å². The van der Waals surface area contributed by atoms with E-state index < -0.39 is 41.9 Å². The van der Waals surface area contributed by atoms with Gasteiger partial charge in [0.25, 0.3) is 5.91 Å². The molecule has 0 radical (unpaired) electrons. The first-order valence-electron chi connectivity index (χ1n) is 20.1. The van der Waals surface area contributed by atoms with Crippen LogP contribution in [0.3, 0.4) is 0 Å². The molecule has 3 aromatic carbocycles. The number of nitrogens with zero attached hydrogens (tertiary/aromatic N) is 2. The van der Waals surface area contributed by atoms with Crippen LogP contribution in [0.5, 0.6) is 0 Å². The molecule has 2 fully saturated rings. The Hall–Kier alpha value is -5.58. The number of hydrogen-bond donors (Lipinski definition) is 6. The van der Waals surface area contributed by atoms with E-state index in [1.165, 1.54) is 12.1 Å². The number of rotatable bonds is 13. The summed E-state index contributed by atoms with van der Waals surface area (Å²) in [5, 5.41) is 20.0. The SMILES string of the molecule is Cc1cc(C(=O)NC2CCC(N(C)C)CC2)ccc1-c1ccc(C[C@H](NC(=O)[C@H]2CC[C@H](CNC(=O)O)CC2)C(=O)Nc2ccc3[nH]c(C(F)(F)C(F)(F)F)nc3c2)cc1. The van der Waals surface area contributed by atoms with E-state index >= 15 is 0 Å². The van der Waals surface area contributed by atoms with E-state index in [9.17, 15) is 41.1 Å². The highest BCUT2D eigenvalue weighted by Gasteiger charge is 2.61. The molecule has 1 aromatic heterocycles. The van der Waals surface area contributed by atoms with E-state index in [0.717, 1.165) is 48.4 Å². The summed E-state index contributed by atoms with van der Waals surface area (Å²) in [7, 11) is 4.16. The summed E-state index contributed by atoms with van der Waals surface area (Å²) in [4.78, 5) is 59.2. The summed E-state index contributed by atoms with van der Waals surface area (Å²) < 4.78 is 67.0. The molecule has 0 unspecified atom stereocenters. The number of aromatic nitrogens is 2. The predicted octanol–water partition coefficient (Wildman–Crippen LogP) is 7.54. The Morgan fingerprint density at radius 1 is 0.883 bits per heavy atom. The highest BCUT2D eigenvalue weighted by molar-refractivity contribution is 5.99. The van der Waals surface area contributed by atoms with E-state index in [2.05, 4.69) is 45.2 Å². The Labute approximate surface area is 344 Å². The van der Waals surface area contributed by atoms with Gasteiger partial charge in [0, 0.05) is 42.2 Å². The van der Waals surface area contributed by atoms with Gasteiger partial charge < -0.3 is 36.3 Å². The molecule has 4 amide bonds. The second-order valence-electron chi connectivity index (χ2n) is 16.2. The second-order valence-corrected chi connectivity index (χ2v) is 16.2. The van der Waals surface area contributed by atoms with Crippen molar-refractivity contribution >= 4 is 40.5 Å². The van der Waals surface area contributed by atoms with Crippen LogP contribution in [-0.2, 0) is 21.9 Å². The Kier molecular flexibility index (Phi) is 13.5. The molecule has 322 valence electrons. The third kappa shape index (κ3) is 10.6. The van der Waals surface area contributed by atoms with E-state index in [-0.39, 0.29) is 53.5 Å². The van der Waals surface area contributed by atoms with Gasteiger partial charge in [-0.3, -0.25) is 14.4 Å². The Morgan fingerprint density at radius 3 is 2.18 bits per heavy atom. The fourth-order valence-corrected chi connectivity index (χ4v) is 8.15. The van der Waals surface area contributed by atoms with Crippen LogP contribution in [-0.4, -0.2) is 88.7 Å². The fourth-order valence-electron chi connectivity index (χ4n) is 8.15. The minimum atomic E-state index is -5.87. The van der Waals surface area contributed by atoms with E-state index in [1.807, 2.05) is 48.3 Å². The highest BCUT2D eigenvalue weighted by atomic mass is 19.4. The monoisotopic (exact) mass is 839 g/mol. The first kappa shape index (κ1) is 44.0. The molecular formula is C43H50F5N7O5. The lowest BCUT2D eigenvalue weighted by Crippen LogP contribution is -2.48. The number of carbonyl (C=O) groups is 4. The molecule has 0 saturated heterocycles. The highest BCUT2D eigenvalue weighted by Crippen LogP contribution is 2.43. The van der Waals surface area contributed by atoms with Crippen LogP contribution in [0, 0.1) is 18.8 Å². The summed E-state index contributed by atoms with van der Waals surface area (Å²) in [6.45, 7) is 2.20. The number of anilines is 1. The topological polar surface area (TPSA) is 169 Å². The number of benzene rings is 3. The molecule has 4 aromatic rings. The standard InChI is InChI=1S/C43H50F5N7O5/c1-24-20-29(38(57)50-30-13-16-32(17-14-30)55(2)3)12-18-33(24)27-8-4-25(5-9-27)21-36(52-37(56)28-10-6-26(7-11-28)23-49-41(59)60)39(58)51-31-15-19-34-35(22-31)54-40(53-34)42(44,45)43(46,47)48/h4-5,8-9,12,15,18-20,22,26,28,30,32,36,49H,6-7,10-11,13-14,16-17,21,23H2,1-3H3,(H,50,57)(H,51,58)(H,52,56)(H,53,54)(H,59,60)/t26-,28-,30?,32?,36-/m0/s1. The molecule has 6 N–H and O–H groups in total. The normalized spacial score (nSPS) is 20.4. The molecule has 0 aliphatic heterocycles. The van der Waals surface area contributed by atoms with Crippen LogP contribution < -0.4 is 21.3 Å². The van der Waals surface area contributed by atoms with E-state index in [0.29, 0.717) is 42.9 Å². The van der Waals surface area contributed by atoms with Crippen molar-refractivity contribution < 1.29 is 46.2 Å². The Balaban J connectivity index is 1.15. The smallest absolute Gasteiger partial charge is 0.461 e. The van der Waals surface area contributed by atoms with Gasteiger partial charge in [0.15, 0.2) is 5.82 Å². The number of H-pyrrole nitrogens is 1. The van der Waals surface area contributed by atoms with Crippen LogP contribution in [0.2, 0.25) is 0 Å². The molecule has 0 bridgehead atoms. The van der Waals surface area contributed by atoms with Gasteiger partial charge >= 0.3 is 18.2 Å². The Bertz CT molecular complexity index is 2180. The van der Waals surface area contributed by atoms with Crippen LogP contribution in [0.1, 0.15) is 78.7 Å². The molecule has 2 aliphatic carbocycles. The molecule has 2 saturated carbocycles. The van der Waals surface area contributed by atoms with Gasteiger partial charge in [0.05, 0.1) is 11.0 Å². The molecule has 17 heteroatoms. The third-order valence-corrected chi connectivity index (χ3v) is 11.8. The molecule has 12 nitrogen and oxygen atoms in total. The number of carbonyl (C=O) groups excluding carboxylic acids is 3. The Morgan fingerprint density at radius 2 is 1.57 bits per heavy atom. The van der Waals surface area contributed by atoms with Crippen LogP contribution in [0.25, 0.3) is 22.2 Å². The molecule has 2 aliphatic rings. The quantitative estimate of drug-likeness (QED) is 0.0757. The second kappa shape index (κ2) is 18.4. The molecule has 6 rings (SSSR count). The van der Waals surface area contributed by atoms with Crippen LogP contribution in [0.15, 0.2) is 60.7 Å². The van der Waals surface area contributed by atoms with Gasteiger partial charge in [-0.05, 0) is 131 Å². The number of nitrogens with one attached hydrogen (secondary N) is 5. The minimum absolute atomic E-state index is 0.0525. The summed E-state index contributed by atoms with van der Waals surface area (Å²) in [6, 6.07) is 16.2. The van der Waals surface area contributed by atoms with Crippen molar-refractivity contribution in [3.05, 3.63) is 83.2 Å². The number of aromatic amines is 1. The minimum Gasteiger partial charge on any atom is -0.465 e. The van der Waals surface area contributed by atoms with Crippen molar-refractivity contribution in [3.63, 3.8) is 0 Å². The first-order chi connectivity index (χ1) is 28.4. The van der Waals surface area contributed by atoms with Crippen molar-refractivity contribution in [2.75, 3.05) is 26.0 Å². The van der Waals surface area contributed by atoms with Crippen molar-refractivity contribution in [3.8, 4) is 11.1 Å². The summed E-state index contributed by atoms with van der Waals surface area (Å²) in [6.07, 6.45) is -0.825. The number of fused-ring (bicyclic) bond motifs is 1. The van der Waals surface area contributed by atoms with Crippen LogP contribution in [0.4, 0.5) is 32.4 Å². The number of aryl methyl sites for hydroxylation is 1. The molecule has 1 heterocycles. The van der Waals surface area contributed by atoms with Gasteiger partial charge in [-0.25, -0.2) is 9.78 Å². The predicted molar refractivity (Wildman–Crippen MR) is 216 cm³/mol. The lowest BCUT2D eigenvalue weighted by Gasteiger charge is -2.33. The molecular weight excluding hydrogens is 790 g/mol. The number of halogens is 5. The van der Waals surface area contributed by atoms with Crippen molar-refractivity contribution in [2.24, 2.45) is 11.8 Å². The average molecular weight is 840 g/mol. The van der Waals surface area contributed by atoms with Gasteiger partial charge in [-0.15, -0.1) is 0 Å². The maximum absolute atomic E-state index is 14.0. The van der Waals surface area contributed by atoms with Gasteiger partial charge in [-0.1, -0.05) is 30.3 Å². The zero-order valence-electron chi connectivity index (χ0n) is 33.6. The molecule has 0 spiro atoms. The zero-order valence-corrected chi connectivity index (χ0v) is 33.6. The average Bonchev–Trinajstić information content (AvgIpc) is 3.64. The fraction of sp³-hybridized carbons (Fsp3) is 0.465. The lowest BCUT2D eigenvalue weighted by molar-refractivity contribution is -0.292. The van der Waals surface area contributed by atoms with Crippen molar-refractivity contribution in [1.29, 1.82) is 0 Å². The lowest BCUT2D eigenvalue weighted by atomic mass is 9.81. The number of carboxylic acid groups (broad SMARTS) is 1. The van der Waals surface area contributed by atoms with Crippen molar-refractivity contribution in [1.82, 2.24) is 30.8 Å². The van der Waals surface area contributed by atoms with Crippen molar-refractivity contribution in [2.45, 2.75) is 94.9 Å². The molecule has 1 atom stereocenters. The number of imidazole rings is 1. The number of hydrogen-bond acceptors (Lipinski definition) is 6. The summed E-state index contributed by atoms with van der Waals surface area (Å²) in [5.74, 6) is -8.29. The molecule has 60 heavy (non-hydrogen) atoms. The third-order valence-electron chi connectivity index (χ3n) is 11.8. The van der Waals surface area contributed by atoms with Gasteiger partial charge in [0.2, 0.25) is 11.8 Å². The first-order valence-corrected chi connectivity index (χ1v) is 20.1. The van der Waals surface area contributed by atoms with Crippen LogP contribution >= 0.6 is 0 Å². The van der Waals surface area contributed by atoms with Gasteiger partial charge in [0.1, 0.15) is 6.04 Å². The van der Waals surface area contributed by atoms with E-state index in [1.54, 1.807) is 6.07 Å². The summed E-state index contributed by atoms with van der Waals surface area (Å²) >= 11 is 0. The van der Waals surface area contributed by atoms with E-state index in [4.69, 9.17) is 5.11 Å². The largest absolute Gasteiger partial charge is 0.465 e. The summed E-state index contributed by atoms with van der Waals surface area (Å²) in [5.41, 5.74) is 3.67. The zero-order chi connectivity index (χ0) is 43.4. The number of alkyl halides is 5. The maximum Gasteiger partial charge on any atom is 0.461 e. The maximum atomic E-state index is 14.0. The number of amides is 4.